The molecule has 0 heterocycles. The Kier molecular flexibility index (Phi) is 8.72. The predicted octanol–water partition coefficient (Wildman–Crippen LogP) is 3.32. The molecular weight excluding hydrogens is 250 g/mol. The van der Waals surface area contributed by atoms with Gasteiger partial charge in [-0.15, -0.1) is 0 Å². The van der Waals surface area contributed by atoms with Crippen molar-refractivity contribution in [2.75, 3.05) is 13.2 Å². The summed E-state index contributed by atoms with van der Waals surface area (Å²) in [6.07, 6.45) is 5.45. The largest absolute Gasteiger partial charge is 0.465 e. The van der Waals surface area contributed by atoms with Crippen molar-refractivity contribution in [1.29, 1.82) is 0 Å². The first-order valence-electron chi connectivity index (χ1n) is 7.68. The summed E-state index contributed by atoms with van der Waals surface area (Å²) >= 11 is 0. The summed E-state index contributed by atoms with van der Waals surface area (Å²) in [5, 5.41) is 0. The highest BCUT2D eigenvalue weighted by molar-refractivity contribution is 5.72. The van der Waals surface area contributed by atoms with Gasteiger partial charge in [-0.2, -0.15) is 0 Å². The van der Waals surface area contributed by atoms with Crippen LogP contribution in [0.4, 0.5) is 0 Å². The van der Waals surface area contributed by atoms with E-state index in [1.54, 1.807) is 0 Å². The van der Waals surface area contributed by atoms with Crippen LogP contribution >= 0.6 is 0 Å². The molecule has 0 aliphatic carbocycles. The van der Waals surface area contributed by atoms with E-state index in [9.17, 15) is 4.79 Å². The maximum atomic E-state index is 12.1. The highest BCUT2D eigenvalue weighted by atomic mass is 16.5. The van der Waals surface area contributed by atoms with Gasteiger partial charge in [0, 0.05) is 0 Å². The Morgan fingerprint density at radius 3 is 2.60 bits per heavy atom. The number of carbonyl (C=O) groups is 1. The maximum absolute atomic E-state index is 12.1. The van der Waals surface area contributed by atoms with Gasteiger partial charge in [-0.3, -0.25) is 4.79 Å². The number of carbonyl (C=O) groups excluding carboxylic acids is 1. The molecule has 3 nitrogen and oxygen atoms in total. The number of benzene rings is 1. The van der Waals surface area contributed by atoms with Gasteiger partial charge in [0.25, 0.3) is 0 Å². The zero-order valence-electron chi connectivity index (χ0n) is 12.5. The van der Waals surface area contributed by atoms with Gasteiger partial charge >= 0.3 is 5.97 Å². The van der Waals surface area contributed by atoms with Crippen molar-refractivity contribution in [3.63, 3.8) is 0 Å². The van der Waals surface area contributed by atoms with Gasteiger partial charge in [-0.25, -0.2) is 0 Å². The molecule has 0 aliphatic heterocycles. The fraction of sp³-hybridized carbons (Fsp3) is 0.588. The molecular formula is C17H27NO2. The number of unbranched alkanes of at least 4 members (excludes halogenated alkanes) is 1. The Morgan fingerprint density at radius 1 is 1.20 bits per heavy atom. The lowest BCUT2D eigenvalue weighted by Crippen LogP contribution is -2.20. The van der Waals surface area contributed by atoms with Crippen molar-refractivity contribution in [1.82, 2.24) is 0 Å². The molecule has 0 amide bonds. The van der Waals surface area contributed by atoms with Crippen LogP contribution in [0.5, 0.6) is 0 Å². The molecule has 0 aliphatic rings. The van der Waals surface area contributed by atoms with E-state index < -0.39 is 0 Å². The molecule has 0 saturated carbocycles. The van der Waals surface area contributed by atoms with E-state index in [-0.39, 0.29) is 11.9 Å². The molecule has 1 aromatic rings. The van der Waals surface area contributed by atoms with Gasteiger partial charge in [0.2, 0.25) is 0 Å². The quantitative estimate of drug-likeness (QED) is 0.527. The standard InChI is InChI=1S/C17H27NO2/c1-2-3-14-20-17(19)16(10-7-13-18)12-11-15-8-5-4-6-9-15/h4-6,8-9,16H,2-3,7,10-14,18H2,1H3. The van der Waals surface area contributed by atoms with Crippen LogP contribution in [-0.2, 0) is 16.0 Å². The van der Waals surface area contributed by atoms with Gasteiger partial charge in [0.1, 0.15) is 0 Å². The zero-order chi connectivity index (χ0) is 14.6. The number of aryl methyl sites for hydroxylation is 1. The third-order valence-electron chi connectivity index (χ3n) is 3.46. The van der Waals surface area contributed by atoms with Gasteiger partial charge < -0.3 is 10.5 Å². The molecule has 0 bridgehead atoms. The minimum Gasteiger partial charge on any atom is -0.465 e. The van der Waals surface area contributed by atoms with Gasteiger partial charge in [0.15, 0.2) is 0 Å². The fourth-order valence-electron chi connectivity index (χ4n) is 2.16. The van der Waals surface area contributed by atoms with Crippen molar-refractivity contribution < 1.29 is 9.53 Å². The summed E-state index contributed by atoms with van der Waals surface area (Å²) in [5.74, 6) is -0.0709. The van der Waals surface area contributed by atoms with Crippen LogP contribution < -0.4 is 5.73 Å². The molecule has 3 heteroatoms. The third-order valence-corrected chi connectivity index (χ3v) is 3.46. The molecule has 2 N–H and O–H groups in total. The van der Waals surface area contributed by atoms with E-state index in [2.05, 4.69) is 19.1 Å². The van der Waals surface area contributed by atoms with Crippen LogP contribution in [0.25, 0.3) is 0 Å². The Hall–Kier alpha value is -1.35. The van der Waals surface area contributed by atoms with Crippen molar-refractivity contribution in [3.05, 3.63) is 35.9 Å². The molecule has 1 unspecified atom stereocenters. The summed E-state index contributed by atoms with van der Waals surface area (Å²) in [5.41, 5.74) is 6.82. The summed E-state index contributed by atoms with van der Waals surface area (Å²) in [6.45, 7) is 3.26. The molecule has 1 rings (SSSR count). The first-order chi connectivity index (χ1) is 9.77. The summed E-state index contributed by atoms with van der Waals surface area (Å²) in [6, 6.07) is 10.3. The lowest BCUT2D eigenvalue weighted by molar-refractivity contribution is -0.149. The Labute approximate surface area is 122 Å². The number of nitrogens with two attached hydrogens (primary N) is 1. The van der Waals surface area contributed by atoms with E-state index in [1.165, 1.54) is 5.56 Å². The fourth-order valence-corrected chi connectivity index (χ4v) is 2.16. The number of esters is 1. The van der Waals surface area contributed by atoms with E-state index in [4.69, 9.17) is 10.5 Å². The Bertz CT molecular complexity index is 365. The van der Waals surface area contributed by atoms with Crippen LogP contribution in [0.1, 0.15) is 44.6 Å². The van der Waals surface area contributed by atoms with Gasteiger partial charge in [0.05, 0.1) is 12.5 Å². The third kappa shape index (κ3) is 6.71. The van der Waals surface area contributed by atoms with Crippen LogP contribution in [0, 0.1) is 5.92 Å². The summed E-state index contributed by atoms with van der Waals surface area (Å²) < 4.78 is 5.35. The summed E-state index contributed by atoms with van der Waals surface area (Å²) in [7, 11) is 0. The van der Waals surface area contributed by atoms with E-state index >= 15 is 0 Å². The monoisotopic (exact) mass is 277 g/mol. The van der Waals surface area contributed by atoms with Gasteiger partial charge in [-0.05, 0) is 44.2 Å². The Morgan fingerprint density at radius 2 is 1.95 bits per heavy atom. The first-order valence-corrected chi connectivity index (χ1v) is 7.68. The molecule has 20 heavy (non-hydrogen) atoms. The molecule has 0 fully saturated rings. The zero-order valence-corrected chi connectivity index (χ0v) is 12.5. The molecule has 1 aromatic carbocycles. The molecule has 0 radical (unpaired) electrons. The van der Waals surface area contributed by atoms with Crippen LogP contribution in [0.2, 0.25) is 0 Å². The maximum Gasteiger partial charge on any atom is 0.308 e. The highest BCUT2D eigenvalue weighted by Gasteiger charge is 2.19. The highest BCUT2D eigenvalue weighted by Crippen LogP contribution is 2.17. The lowest BCUT2D eigenvalue weighted by Gasteiger charge is -2.15. The van der Waals surface area contributed by atoms with Crippen molar-refractivity contribution in [2.45, 2.75) is 45.4 Å². The van der Waals surface area contributed by atoms with E-state index in [1.807, 2.05) is 18.2 Å². The normalized spacial score (nSPS) is 12.1. The van der Waals surface area contributed by atoms with Crippen LogP contribution in [0.3, 0.4) is 0 Å². The second kappa shape index (κ2) is 10.4. The van der Waals surface area contributed by atoms with Crippen molar-refractivity contribution >= 4 is 5.97 Å². The average molecular weight is 277 g/mol. The molecule has 0 spiro atoms. The SMILES string of the molecule is CCCCOC(=O)C(CCCN)CCc1ccccc1. The van der Waals surface area contributed by atoms with Gasteiger partial charge in [-0.1, -0.05) is 43.7 Å². The first kappa shape index (κ1) is 16.7. The second-order valence-corrected chi connectivity index (χ2v) is 5.17. The average Bonchev–Trinajstić information content (AvgIpc) is 2.48. The van der Waals surface area contributed by atoms with Crippen molar-refractivity contribution in [3.8, 4) is 0 Å². The minimum atomic E-state index is -0.0529. The van der Waals surface area contributed by atoms with E-state index in [0.29, 0.717) is 13.2 Å². The Balaban J connectivity index is 2.44. The molecule has 0 aromatic heterocycles. The number of hydrogen-bond acceptors (Lipinski definition) is 3. The van der Waals surface area contributed by atoms with E-state index in [0.717, 1.165) is 38.5 Å². The number of ether oxygens (including phenoxy) is 1. The second-order valence-electron chi connectivity index (χ2n) is 5.17. The number of hydrogen-bond donors (Lipinski definition) is 1. The smallest absolute Gasteiger partial charge is 0.308 e. The topological polar surface area (TPSA) is 52.3 Å². The minimum absolute atomic E-state index is 0.0180. The molecule has 1 atom stereocenters. The molecule has 0 saturated heterocycles. The summed E-state index contributed by atoms with van der Waals surface area (Å²) in [4.78, 5) is 12.1. The van der Waals surface area contributed by atoms with Crippen LogP contribution in [0.15, 0.2) is 30.3 Å². The van der Waals surface area contributed by atoms with Crippen molar-refractivity contribution in [2.24, 2.45) is 11.7 Å². The number of rotatable bonds is 10. The molecule has 112 valence electrons. The lowest BCUT2D eigenvalue weighted by atomic mass is 9.95. The van der Waals surface area contributed by atoms with Crippen LogP contribution in [-0.4, -0.2) is 19.1 Å². The predicted molar refractivity (Wildman–Crippen MR) is 82.4 cm³/mol.